The van der Waals surface area contributed by atoms with Crippen LogP contribution in [0.5, 0.6) is 11.5 Å². The Bertz CT molecular complexity index is 754. The molecule has 6 heteroatoms. The predicted molar refractivity (Wildman–Crippen MR) is 83.7 cm³/mol. The number of nitrogens with one attached hydrogen (secondary N) is 1. The molecule has 112 valence electrons. The molecule has 0 fully saturated rings. The summed E-state index contributed by atoms with van der Waals surface area (Å²) in [5, 5.41) is 11.8. The maximum absolute atomic E-state index is 12.2. The molecule has 1 amide bonds. The normalized spacial score (nSPS) is 9.73. The molecule has 0 saturated heterocycles. The number of carbonyl (C=O) groups excluding carboxylic acids is 1. The van der Waals surface area contributed by atoms with Crippen molar-refractivity contribution in [3.05, 3.63) is 52.5 Å². The van der Waals surface area contributed by atoms with Crippen molar-refractivity contribution in [3.63, 3.8) is 0 Å². The number of rotatable bonds is 4. The summed E-state index contributed by atoms with van der Waals surface area (Å²) in [5.74, 6) is 0.690. The largest absolute Gasteiger partial charge is 0.493 e. The van der Waals surface area contributed by atoms with Crippen LogP contribution in [-0.4, -0.2) is 20.1 Å². The summed E-state index contributed by atoms with van der Waals surface area (Å²) in [6.07, 6.45) is 0. The molecule has 0 radical (unpaired) electrons. The number of carbonyl (C=O) groups is 1. The van der Waals surface area contributed by atoms with Gasteiger partial charge in [-0.25, -0.2) is 0 Å². The number of ether oxygens (including phenoxy) is 2. The minimum atomic E-state index is -0.318. The van der Waals surface area contributed by atoms with E-state index in [0.29, 0.717) is 28.3 Å². The van der Waals surface area contributed by atoms with Gasteiger partial charge in [0, 0.05) is 11.3 Å². The molecule has 0 aliphatic carbocycles. The lowest BCUT2D eigenvalue weighted by Gasteiger charge is -2.10. The zero-order valence-corrected chi connectivity index (χ0v) is 12.8. The van der Waals surface area contributed by atoms with E-state index in [4.69, 9.17) is 26.3 Å². The highest BCUT2D eigenvalue weighted by Crippen LogP contribution is 2.28. The van der Waals surface area contributed by atoms with Crippen LogP contribution in [0.3, 0.4) is 0 Å². The van der Waals surface area contributed by atoms with Gasteiger partial charge < -0.3 is 14.8 Å². The van der Waals surface area contributed by atoms with Gasteiger partial charge in [0.25, 0.3) is 5.91 Å². The van der Waals surface area contributed by atoms with E-state index in [9.17, 15) is 4.79 Å². The molecule has 0 aliphatic heterocycles. The third-order valence-electron chi connectivity index (χ3n) is 2.99. The van der Waals surface area contributed by atoms with Crippen LogP contribution in [-0.2, 0) is 0 Å². The molecule has 0 unspecified atom stereocenters. The Morgan fingerprint density at radius 2 is 1.86 bits per heavy atom. The van der Waals surface area contributed by atoms with E-state index in [1.165, 1.54) is 20.3 Å². The summed E-state index contributed by atoms with van der Waals surface area (Å²) >= 11 is 5.94. The van der Waals surface area contributed by atoms with Crippen LogP contribution in [0.1, 0.15) is 15.9 Å². The summed E-state index contributed by atoms with van der Waals surface area (Å²) in [6.45, 7) is 0. The van der Waals surface area contributed by atoms with E-state index >= 15 is 0 Å². The molecule has 2 aromatic carbocycles. The third-order valence-corrected chi connectivity index (χ3v) is 3.31. The van der Waals surface area contributed by atoms with Crippen LogP contribution in [0, 0.1) is 11.3 Å². The molecule has 22 heavy (non-hydrogen) atoms. The molecule has 0 bridgehead atoms. The van der Waals surface area contributed by atoms with E-state index in [1.54, 1.807) is 30.3 Å². The van der Waals surface area contributed by atoms with Crippen molar-refractivity contribution in [2.75, 3.05) is 19.5 Å². The minimum absolute atomic E-state index is 0.285. The first-order valence-electron chi connectivity index (χ1n) is 6.32. The third kappa shape index (κ3) is 3.30. The van der Waals surface area contributed by atoms with Crippen LogP contribution < -0.4 is 14.8 Å². The number of halogens is 1. The van der Waals surface area contributed by atoms with E-state index in [0.717, 1.165) is 0 Å². The fourth-order valence-electron chi connectivity index (χ4n) is 1.86. The van der Waals surface area contributed by atoms with Gasteiger partial charge in [-0.1, -0.05) is 11.6 Å². The molecule has 5 nitrogen and oxygen atoms in total. The fraction of sp³-hybridized carbons (Fsp3) is 0.125. The minimum Gasteiger partial charge on any atom is -0.493 e. The number of hydrogen-bond donors (Lipinski definition) is 1. The van der Waals surface area contributed by atoms with Crippen molar-refractivity contribution in [2.45, 2.75) is 0 Å². The highest BCUT2D eigenvalue weighted by Gasteiger charge is 2.11. The second-order valence-electron chi connectivity index (χ2n) is 4.33. The summed E-state index contributed by atoms with van der Waals surface area (Å²) < 4.78 is 10.3. The zero-order valence-electron chi connectivity index (χ0n) is 12.0. The molecular weight excluding hydrogens is 304 g/mol. The van der Waals surface area contributed by atoms with Gasteiger partial charge in [0.2, 0.25) is 0 Å². The number of nitriles is 1. The number of hydrogen-bond acceptors (Lipinski definition) is 4. The molecule has 2 aromatic rings. The SMILES string of the molecule is COc1ccc(C(=O)Nc2ccc(C#N)c(Cl)c2)cc1OC. The van der Waals surface area contributed by atoms with Gasteiger partial charge in [-0.3, -0.25) is 4.79 Å². The highest BCUT2D eigenvalue weighted by molar-refractivity contribution is 6.32. The number of anilines is 1. The van der Waals surface area contributed by atoms with Gasteiger partial charge in [-0.05, 0) is 36.4 Å². The molecule has 0 spiro atoms. The average molecular weight is 317 g/mol. The molecule has 2 rings (SSSR count). The molecule has 0 atom stereocenters. The van der Waals surface area contributed by atoms with Gasteiger partial charge in [0.1, 0.15) is 6.07 Å². The van der Waals surface area contributed by atoms with Crippen molar-refractivity contribution in [3.8, 4) is 17.6 Å². The number of amides is 1. The van der Waals surface area contributed by atoms with Gasteiger partial charge in [-0.2, -0.15) is 5.26 Å². The number of benzene rings is 2. The van der Waals surface area contributed by atoms with Crippen molar-refractivity contribution in [2.24, 2.45) is 0 Å². The number of methoxy groups -OCH3 is 2. The van der Waals surface area contributed by atoms with E-state index < -0.39 is 0 Å². The van der Waals surface area contributed by atoms with E-state index in [-0.39, 0.29) is 10.9 Å². The predicted octanol–water partition coefficient (Wildman–Crippen LogP) is 3.48. The van der Waals surface area contributed by atoms with Crippen LogP contribution >= 0.6 is 11.6 Å². The molecule has 1 N–H and O–H groups in total. The van der Waals surface area contributed by atoms with Gasteiger partial charge in [0.15, 0.2) is 11.5 Å². The molecule has 0 heterocycles. The molecule has 0 aromatic heterocycles. The first-order valence-corrected chi connectivity index (χ1v) is 6.70. The van der Waals surface area contributed by atoms with Crippen LogP contribution in [0.4, 0.5) is 5.69 Å². The lowest BCUT2D eigenvalue weighted by Crippen LogP contribution is -2.12. The summed E-state index contributed by atoms with van der Waals surface area (Å²) in [7, 11) is 3.02. The van der Waals surface area contributed by atoms with Crippen molar-refractivity contribution in [1.29, 1.82) is 5.26 Å². The van der Waals surface area contributed by atoms with Gasteiger partial charge >= 0.3 is 0 Å². The first kappa shape index (κ1) is 15.7. The molecule has 0 aliphatic rings. The van der Waals surface area contributed by atoms with Crippen molar-refractivity contribution >= 4 is 23.2 Å². The average Bonchev–Trinajstić information content (AvgIpc) is 2.54. The highest BCUT2D eigenvalue weighted by atomic mass is 35.5. The Balaban J connectivity index is 2.22. The molecule has 0 saturated carbocycles. The Labute approximate surface area is 133 Å². The Hall–Kier alpha value is -2.71. The van der Waals surface area contributed by atoms with Crippen LogP contribution in [0.2, 0.25) is 5.02 Å². The summed E-state index contributed by atoms with van der Waals surface area (Å²) in [5.41, 5.74) is 1.27. The van der Waals surface area contributed by atoms with E-state index in [1.807, 2.05) is 6.07 Å². The monoisotopic (exact) mass is 316 g/mol. The van der Waals surface area contributed by atoms with Gasteiger partial charge in [0.05, 0.1) is 24.8 Å². The Kier molecular flexibility index (Phi) is 4.87. The Morgan fingerprint density at radius 1 is 1.14 bits per heavy atom. The smallest absolute Gasteiger partial charge is 0.255 e. The fourth-order valence-corrected chi connectivity index (χ4v) is 2.09. The lowest BCUT2D eigenvalue weighted by molar-refractivity contribution is 0.102. The second-order valence-corrected chi connectivity index (χ2v) is 4.74. The summed E-state index contributed by atoms with van der Waals surface area (Å²) in [6, 6.07) is 11.5. The maximum Gasteiger partial charge on any atom is 0.255 e. The summed E-state index contributed by atoms with van der Waals surface area (Å²) in [4.78, 5) is 12.2. The Morgan fingerprint density at radius 3 is 2.45 bits per heavy atom. The quantitative estimate of drug-likeness (QED) is 0.937. The standard InChI is InChI=1S/C16H13ClN2O3/c1-21-14-6-4-10(7-15(14)22-2)16(20)19-12-5-3-11(9-18)13(17)8-12/h3-8H,1-2H3,(H,19,20). The van der Waals surface area contributed by atoms with Crippen molar-refractivity contribution in [1.82, 2.24) is 0 Å². The second kappa shape index (κ2) is 6.83. The van der Waals surface area contributed by atoms with Crippen LogP contribution in [0.25, 0.3) is 0 Å². The van der Waals surface area contributed by atoms with Crippen LogP contribution in [0.15, 0.2) is 36.4 Å². The maximum atomic E-state index is 12.2. The van der Waals surface area contributed by atoms with Crippen molar-refractivity contribution < 1.29 is 14.3 Å². The first-order chi connectivity index (χ1) is 10.6. The number of nitrogens with zero attached hydrogens (tertiary/aromatic N) is 1. The van der Waals surface area contributed by atoms with E-state index in [2.05, 4.69) is 5.32 Å². The lowest BCUT2D eigenvalue weighted by atomic mass is 10.1. The van der Waals surface area contributed by atoms with Gasteiger partial charge in [-0.15, -0.1) is 0 Å². The molecular formula is C16H13ClN2O3. The topological polar surface area (TPSA) is 71.3 Å². The zero-order chi connectivity index (χ0) is 16.1.